The Labute approximate surface area is 134 Å². The molecular weight excluding hydrogens is 300 g/mol. The molecule has 0 amide bonds. The van der Waals surface area contributed by atoms with Crippen molar-refractivity contribution < 1.29 is 24.6 Å². The van der Waals surface area contributed by atoms with E-state index in [-0.39, 0.29) is 12.0 Å². The number of ketones is 1. The van der Waals surface area contributed by atoms with Crippen molar-refractivity contribution in [2.45, 2.75) is 32.2 Å². The second kappa shape index (κ2) is 7.73. The molecule has 0 radical (unpaired) electrons. The van der Waals surface area contributed by atoms with E-state index >= 15 is 0 Å². The number of nitrogens with two attached hydrogens (primary N) is 1. The number of anilines is 1. The highest BCUT2D eigenvalue weighted by Crippen LogP contribution is 2.28. The van der Waals surface area contributed by atoms with Crippen molar-refractivity contribution in [3.63, 3.8) is 0 Å². The Morgan fingerprint density at radius 1 is 1.09 bits per heavy atom. The second-order valence-corrected chi connectivity index (χ2v) is 5.18. The van der Waals surface area contributed by atoms with Gasteiger partial charge < -0.3 is 15.9 Å². The van der Waals surface area contributed by atoms with Gasteiger partial charge in [-0.25, -0.2) is 4.79 Å². The Kier molecular flexibility index (Phi) is 6.27. The smallest absolute Gasteiger partial charge is 0.332 e. The molecule has 126 valence electrons. The Bertz CT molecular complexity index is 581. The van der Waals surface area contributed by atoms with Crippen molar-refractivity contribution in [2.24, 2.45) is 0 Å². The van der Waals surface area contributed by atoms with Gasteiger partial charge in [0.25, 0.3) is 0 Å². The van der Waals surface area contributed by atoms with E-state index in [9.17, 15) is 19.5 Å². The number of hydrogen-bond acceptors (Lipinski definition) is 5. The highest BCUT2D eigenvalue weighted by Gasteiger charge is 2.50. The summed E-state index contributed by atoms with van der Waals surface area (Å²) >= 11 is 0. The predicted octanol–water partition coefficient (Wildman–Crippen LogP) is 1.48. The summed E-state index contributed by atoms with van der Waals surface area (Å²) < 4.78 is 0. The number of carbonyl (C=O) groups excluding carboxylic acids is 1. The van der Waals surface area contributed by atoms with E-state index in [1.54, 1.807) is 13.8 Å². The number of aliphatic carboxylic acids is 2. The molecule has 0 saturated heterocycles. The van der Waals surface area contributed by atoms with E-state index in [4.69, 9.17) is 10.8 Å². The number of benzene rings is 1. The molecule has 1 aromatic rings. The van der Waals surface area contributed by atoms with E-state index in [1.165, 1.54) is 29.2 Å². The molecule has 0 aliphatic heterocycles. The van der Waals surface area contributed by atoms with Gasteiger partial charge in [-0.2, -0.15) is 0 Å². The maximum absolute atomic E-state index is 12.9. The van der Waals surface area contributed by atoms with Crippen LogP contribution in [0.3, 0.4) is 0 Å². The molecule has 0 heterocycles. The zero-order chi connectivity index (χ0) is 17.6. The zero-order valence-electron chi connectivity index (χ0n) is 13.3. The summed E-state index contributed by atoms with van der Waals surface area (Å²) in [4.78, 5) is 37.3. The number of carboxylic acid groups (broad SMARTS) is 2. The van der Waals surface area contributed by atoms with Gasteiger partial charge in [-0.15, -0.1) is 0 Å². The number of nitrogens with zero attached hydrogens (tertiary/aromatic N) is 1. The zero-order valence-corrected chi connectivity index (χ0v) is 13.3. The van der Waals surface area contributed by atoms with Crippen LogP contribution < -0.4 is 5.73 Å². The Morgan fingerprint density at radius 2 is 1.61 bits per heavy atom. The van der Waals surface area contributed by atoms with E-state index in [0.717, 1.165) is 0 Å². The van der Waals surface area contributed by atoms with Gasteiger partial charge in [0, 0.05) is 17.7 Å². The van der Waals surface area contributed by atoms with Crippen LogP contribution in [0.5, 0.6) is 0 Å². The molecule has 0 aliphatic carbocycles. The third-order valence-electron chi connectivity index (χ3n) is 3.91. The van der Waals surface area contributed by atoms with Crippen LogP contribution in [0.2, 0.25) is 0 Å². The van der Waals surface area contributed by atoms with Gasteiger partial charge >= 0.3 is 11.9 Å². The van der Waals surface area contributed by atoms with Crippen molar-refractivity contribution in [1.29, 1.82) is 0 Å². The number of carbonyl (C=O) groups is 3. The lowest BCUT2D eigenvalue weighted by Crippen LogP contribution is -2.60. The monoisotopic (exact) mass is 322 g/mol. The first-order valence-electron chi connectivity index (χ1n) is 7.40. The lowest BCUT2D eigenvalue weighted by Gasteiger charge is -2.38. The van der Waals surface area contributed by atoms with Crippen LogP contribution in [0.25, 0.3) is 0 Å². The summed E-state index contributed by atoms with van der Waals surface area (Å²) in [6.45, 7) is 4.09. The summed E-state index contributed by atoms with van der Waals surface area (Å²) in [7, 11) is 0. The standard InChI is InChI=1S/C16H22N2O5/c1-3-18(4-2)16(15(22)23,10-9-13(19)20)14(21)11-5-7-12(17)8-6-11/h5-8H,3-4,9-10,17H2,1-2H3,(H,19,20)(H,22,23)/t16-/m1/s1. The van der Waals surface area contributed by atoms with Gasteiger partial charge in [0.1, 0.15) is 0 Å². The van der Waals surface area contributed by atoms with Gasteiger partial charge in [-0.1, -0.05) is 13.8 Å². The summed E-state index contributed by atoms with van der Waals surface area (Å²) in [5, 5.41) is 18.7. The molecular formula is C16H22N2O5. The Hall–Kier alpha value is -2.41. The van der Waals surface area contributed by atoms with Crippen molar-refractivity contribution in [1.82, 2.24) is 4.90 Å². The van der Waals surface area contributed by atoms with E-state index in [1.807, 2.05) is 0 Å². The third-order valence-corrected chi connectivity index (χ3v) is 3.91. The van der Waals surface area contributed by atoms with Crippen molar-refractivity contribution >= 4 is 23.4 Å². The largest absolute Gasteiger partial charge is 0.481 e. The summed E-state index contributed by atoms with van der Waals surface area (Å²) in [6.07, 6.45) is -0.716. The van der Waals surface area contributed by atoms with Crippen LogP contribution in [0, 0.1) is 0 Å². The number of likely N-dealkylation sites (N-methyl/N-ethyl adjacent to an activating group) is 1. The van der Waals surface area contributed by atoms with Gasteiger partial charge in [0.05, 0.1) is 0 Å². The van der Waals surface area contributed by atoms with Gasteiger partial charge in [-0.05, 0) is 43.8 Å². The minimum Gasteiger partial charge on any atom is -0.481 e. The molecule has 4 N–H and O–H groups in total. The average molecular weight is 322 g/mol. The fraction of sp³-hybridized carbons (Fsp3) is 0.438. The molecule has 23 heavy (non-hydrogen) atoms. The lowest BCUT2D eigenvalue weighted by molar-refractivity contribution is -0.149. The topological polar surface area (TPSA) is 121 Å². The first-order chi connectivity index (χ1) is 10.8. The summed E-state index contributed by atoms with van der Waals surface area (Å²) in [5.41, 5.74) is 4.33. The number of carboxylic acids is 2. The second-order valence-electron chi connectivity index (χ2n) is 5.18. The normalized spacial score (nSPS) is 13.5. The predicted molar refractivity (Wildman–Crippen MR) is 85.3 cm³/mol. The molecule has 0 unspecified atom stereocenters. The van der Waals surface area contributed by atoms with Crippen molar-refractivity contribution in [3.05, 3.63) is 29.8 Å². The first kappa shape index (κ1) is 18.6. The molecule has 0 bridgehead atoms. The molecule has 0 saturated carbocycles. The number of rotatable bonds is 9. The van der Waals surface area contributed by atoms with Gasteiger partial charge in [0.2, 0.25) is 0 Å². The Balaban J connectivity index is 3.39. The minimum atomic E-state index is -1.90. The summed E-state index contributed by atoms with van der Waals surface area (Å²) in [5.74, 6) is -3.12. The molecule has 0 aromatic heterocycles. The lowest BCUT2D eigenvalue weighted by atomic mass is 9.83. The number of hydrogen-bond donors (Lipinski definition) is 3. The first-order valence-corrected chi connectivity index (χ1v) is 7.40. The van der Waals surface area contributed by atoms with Crippen LogP contribution in [0.1, 0.15) is 37.0 Å². The van der Waals surface area contributed by atoms with E-state index in [2.05, 4.69) is 0 Å². The molecule has 7 heteroatoms. The average Bonchev–Trinajstić information content (AvgIpc) is 2.51. The van der Waals surface area contributed by atoms with Crippen LogP contribution in [-0.2, 0) is 9.59 Å². The van der Waals surface area contributed by atoms with E-state index in [0.29, 0.717) is 18.8 Å². The molecule has 0 spiro atoms. The summed E-state index contributed by atoms with van der Waals surface area (Å²) in [6, 6.07) is 5.94. The van der Waals surface area contributed by atoms with E-state index < -0.39 is 29.7 Å². The molecule has 7 nitrogen and oxygen atoms in total. The minimum absolute atomic E-state index is 0.193. The Morgan fingerprint density at radius 3 is 2.00 bits per heavy atom. The highest BCUT2D eigenvalue weighted by molar-refractivity contribution is 6.16. The van der Waals surface area contributed by atoms with Crippen molar-refractivity contribution in [2.75, 3.05) is 18.8 Å². The van der Waals surface area contributed by atoms with Crippen LogP contribution in [0.15, 0.2) is 24.3 Å². The fourth-order valence-corrected chi connectivity index (χ4v) is 2.68. The molecule has 0 aliphatic rings. The molecule has 1 atom stereocenters. The fourth-order valence-electron chi connectivity index (χ4n) is 2.68. The third kappa shape index (κ3) is 3.87. The van der Waals surface area contributed by atoms with Crippen LogP contribution in [0.4, 0.5) is 5.69 Å². The van der Waals surface area contributed by atoms with Gasteiger partial charge in [-0.3, -0.25) is 14.5 Å². The van der Waals surface area contributed by atoms with Crippen LogP contribution in [-0.4, -0.2) is 51.5 Å². The maximum atomic E-state index is 12.9. The maximum Gasteiger partial charge on any atom is 0.332 e. The van der Waals surface area contributed by atoms with Crippen LogP contribution >= 0.6 is 0 Å². The molecule has 0 fully saturated rings. The molecule has 1 rings (SSSR count). The highest BCUT2D eigenvalue weighted by atomic mass is 16.4. The quantitative estimate of drug-likeness (QED) is 0.358. The number of Topliss-reactive ketones (excluding diaryl/α,β-unsaturated/α-hetero) is 1. The number of nitrogen functional groups attached to an aromatic ring is 1. The van der Waals surface area contributed by atoms with Gasteiger partial charge in [0.15, 0.2) is 11.3 Å². The molecule has 1 aromatic carbocycles. The van der Waals surface area contributed by atoms with Crippen molar-refractivity contribution in [3.8, 4) is 0 Å². The SMILES string of the molecule is CCN(CC)[C@@](CCC(=O)O)(C(=O)O)C(=O)c1ccc(N)cc1.